The summed E-state index contributed by atoms with van der Waals surface area (Å²) in [5.41, 5.74) is 1.99. The molecule has 0 saturated carbocycles. The molecule has 5 heteroatoms. The molecule has 1 aromatic carbocycles. The van der Waals surface area contributed by atoms with Crippen LogP contribution in [0.15, 0.2) is 22.7 Å². The number of nitrogens with one attached hydrogen (secondary N) is 2. The van der Waals surface area contributed by atoms with E-state index in [2.05, 4.69) is 35.1 Å². The van der Waals surface area contributed by atoms with Crippen LogP contribution in [0.2, 0.25) is 0 Å². The SMILES string of the molecule is Cc1ccc(NC(=O)[C@@H](C)[NH+]2C[C@@H](C)O[C@@H](C)C2)c(Br)c1. The molecule has 1 amide bonds. The molecule has 2 N–H and O–H groups in total. The maximum atomic E-state index is 12.5. The number of carbonyl (C=O) groups is 1. The van der Waals surface area contributed by atoms with E-state index in [-0.39, 0.29) is 24.2 Å². The number of anilines is 1. The van der Waals surface area contributed by atoms with E-state index in [1.165, 1.54) is 4.90 Å². The summed E-state index contributed by atoms with van der Waals surface area (Å²) in [6.07, 6.45) is 0.398. The Morgan fingerprint density at radius 3 is 2.57 bits per heavy atom. The van der Waals surface area contributed by atoms with E-state index in [1.807, 2.05) is 32.0 Å². The third kappa shape index (κ3) is 4.28. The number of benzene rings is 1. The van der Waals surface area contributed by atoms with Crippen molar-refractivity contribution in [3.63, 3.8) is 0 Å². The van der Waals surface area contributed by atoms with Crippen LogP contribution in [0.1, 0.15) is 26.3 Å². The molecule has 21 heavy (non-hydrogen) atoms. The van der Waals surface area contributed by atoms with E-state index in [9.17, 15) is 4.79 Å². The molecule has 2 rings (SSSR count). The van der Waals surface area contributed by atoms with Gasteiger partial charge in [-0.1, -0.05) is 6.07 Å². The van der Waals surface area contributed by atoms with Crippen molar-refractivity contribution in [2.45, 2.75) is 45.9 Å². The Labute approximate surface area is 135 Å². The van der Waals surface area contributed by atoms with Gasteiger partial charge in [0, 0.05) is 4.47 Å². The van der Waals surface area contributed by atoms with Crippen LogP contribution in [0.5, 0.6) is 0 Å². The second-order valence-electron chi connectivity index (χ2n) is 6.02. The standard InChI is InChI=1S/C16H23BrN2O2/c1-10-5-6-15(14(17)7-10)18-16(20)13(4)19-8-11(2)21-12(3)9-19/h5-7,11-13H,8-9H2,1-4H3,(H,18,20)/p+1/t11-,12+,13-/m1/s1. The van der Waals surface area contributed by atoms with Crippen molar-refractivity contribution in [2.24, 2.45) is 0 Å². The van der Waals surface area contributed by atoms with Crippen LogP contribution in [0, 0.1) is 6.92 Å². The number of hydrogen-bond acceptors (Lipinski definition) is 2. The highest BCUT2D eigenvalue weighted by Crippen LogP contribution is 2.23. The van der Waals surface area contributed by atoms with Gasteiger partial charge in [-0.3, -0.25) is 4.79 Å². The third-order valence-electron chi connectivity index (χ3n) is 3.95. The summed E-state index contributed by atoms with van der Waals surface area (Å²) in [6.45, 7) is 9.88. The number of amides is 1. The number of morpholine rings is 1. The lowest BCUT2D eigenvalue weighted by Gasteiger charge is -2.35. The fourth-order valence-corrected chi connectivity index (χ4v) is 3.41. The van der Waals surface area contributed by atoms with Crippen molar-refractivity contribution >= 4 is 27.5 Å². The van der Waals surface area contributed by atoms with Crippen LogP contribution >= 0.6 is 15.9 Å². The molecule has 1 heterocycles. The number of ether oxygens (including phenoxy) is 1. The Bertz CT molecular complexity index is 511. The van der Waals surface area contributed by atoms with Crippen LogP contribution in [-0.4, -0.2) is 37.2 Å². The minimum Gasteiger partial charge on any atom is -0.364 e. The van der Waals surface area contributed by atoms with Gasteiger partial charge in [0.2, 0.25) is 0 Å². The number of rotatable bonds is 3. The quantitative estimate of drug-likeness (QED) is 0.867. The van der Waals surface area contributed by atoms with Gasteiger partial charge in [0.15, 0.2) is 6.04 Å². The van der Waals surface area contributed by atoms with E-state index in [1.54, 1.807) is 0 Å². The van der Waals surface area contributed by atoms with Crippen molar-refractivity contribution in [3.8, 4) is 0 Å². The number of aryl methyl sites for hydroxylation is 1. The lowest BCUT2D eigenvalue weighted by Crippen LogP contribution is -3.19. The summed E-state index contributed by atoms with van der Waals surface area (Å²) < 4.78 is 6.66. The average Bonchev–Trinajstić information content (AvgIpc) is 2.40. The second kappa shape index (κ2) is 6.90. The Kier molecular flexibility index (Phi) is 5.41. The van der Waals surface area contributed by atoms with E-state index in [0.29, 0.717) is 0 Å². The largest absolute Gasteiger partial charge is 0.364 e. The normalized spacial score (nSPS) is 27.2. The molecule has 0 bridgehead atoms. The van der Waals surface area contributed by atoms with Gasteiger partial charge in [0.25, 0.3) is 5.91 Å². The first-order chi connectivity index (χ1) is 9.86. The monoisotopic (exact) mass is 355 g/mol. The number of carbonyl (C=O) groups excluding carboxylic acids is 1. The molecule has 1 aromatic rings. The topological polar surface area (TPSA) is 42.8 Å². The molecule has 1 fully saturated rings. The van der Waals surface area contributed by atoms with Crippen molar-refractivity contribution in [2.75, 3.05) is 18.4 Å². The molecule has 0 aromatic heterocycles. The molecule has 0 radical (unpaired) electrons. The molecular weight excluding hydrogens is 332 g/mol. The van der Waals surface area contributed by atoms with Gasteiger partial charge in [-0.15, -0.1) is 0 Å². The van der Waals surface area contributed by atoms with Gasteiger partial charge in [-0.2, -0.15) is 0 Å². The lowest BCUT2D eigenvalue weighted by molar-refractivity contribution is -0.928. The van der Waals surface area contributed by atoms with Crippen LogP contribution in [0.3, 0.4) is 0 Å². The number of quaternary nitrogens is 1. The molecule has 1 unspecified atom stereocenters. The third-order valence-corrected chi connectivity index (χ3v) is 4.61. The zero-order valence-corrected chi connectivity index (χ0v) is 14.7. The number of halogens is 1. The van der Waals surface area contributed by atoms with E-state index >= 15 is 0 Å². The van der Waals surface area contributed by atoms with Crippen LogP contribution in [-0.2, 0) is 9.53 Å². The Balaban J connectivity index is 2.02. The zero-order valence-electron chi connectivity index (χ0n) is 13.1. The van der Waals surface area contributed by atoms with Gasteiger partial charge in [-0.05, 0) is 61.3 Å². The van der Waals surface area contributed by atoms with Gasteiger partial charge < -0.3 is 15.0 Å². The summed E-state index contributed by atoms with van der Waals surface area (Å²) in [7, 11) is 0. The zero-order chi connectivity index (χ0) is 15.6. The number of hydrogen-bond donors (Lipinski definition) is 2. The Hall–Kier alpha value is -0.910. The van der Waals surface area contributed by atoms with Crippen LogP contribution < -0.4 is 10.2 Å². The van der Waals surface area contributed by atoms with E-state index in [0.717, 1.165) is 28.8 Å². The molecule has 1 aliphatic rings. The summed E-state index contributed by atoms with van der Waals surface area (Å²) in [6, 6.07) is 5.85. The maximum absolute atomic E-state index is 12.5. The first kappa shape index (κ1) is 16.5. The maximum Gasteiger partial charge on any atom is 0.282 e. The molecule has 1 saturated heterocycles. The van der Waals surface area contributed by atoms with Crippen molar-refractivity contribution in [1.29, 1.82) is 0 Å². The van der Waals surface area contributed by atoms with Crippen LogP contribution in [0.25, 0.3) is 0 Å². The summed E-state index contributed by atoms with van der Waals surface area (Å²) in [5.74, 6) is 0.0517. The Morgan fingerprint density at radius 1 is 1.38 bits per heavy atom. The van der Waals surface area contributed by atoms with E-state index in [4.69, 9.17) is 4.74 Å². The molecule has 4 nitrogen and oxygen atoms in total. The van der Waals surface area contributed by atoms with Gasteiger partial charge in [0.05, 0.1) is 5.69 Å². The van der Waals surface area contributed by atoms with Crippen molar-refractivity contribution in [1.82, 2.24) is 0 Å². The van der Waals surface area contributed by atoms with Gasteiger partial charge in [-0.25, -0.2) is 0 Å². The highest BCUT2D eigenvalue weighted by Gasteiger charge is 2.33. The van der Waals surface area contributed by atoms with Crippen molar-refractivity contribution < 1.29 is 14.4 Å². The van der Waals surface area contributed by atoms with Gasteiger partial charge >= 0.3 is 0 Å². The predicted octanol–water partition coefficient (Wildman–Crippen LogP) is 1.78. The molecule has 4 atom stereocenters. The first-order valence-corrected chi connectivity index (χ1v) is 8.23. The molecule has 0 aliphatic carbocycles. The smallest absolute Gasteiger partial charge is 0.282 e. The Morgan fingerprint density at radius 2 is 2.00 bits per heavy atom. The molecule has 0 spiro atoms. The summed E-state index contributed by atoms with van der Waals surface area (Å²) in [4.78, 5) is 13.7. The average molecular weight is 356 g/mol. The molecule has 116 valence electrons. The first-order valence-electron chi connectivity index (χ1n) is 7.44. The molecular formula is C16H24BrN2O2+. The van der Waals surface area contributed by atoms with Gasteiger partial charge in [0.1, 0.15) is 25.3 Å². The fourth-order valence-electron chi connectivity index (χ4n) is 2.82. The molecule has 1 aliphatic heterocycles. The highest BCUT2D eigenvalue weighted by molar-refractivity contribution is 9.10. The minimum absolute atomic E-state index is 0.0517. The minimum atomic E-state index is -0.0907. The predicted molar refractivity (Wildman–Crippen MR) is 87.7 cm³/mol. The summed E-state index contributed by atoms with van der Waals surface area (Å²) in [5, 5.41) is 3.02. The van der Waals surface area contributed by atoms with E-state index < -0.39 is 0 Å². The fraction of sp³-hybridized carbons (Fsp3) is 0.562. The second-order valence-corrected chi connectivity index (χ2v) is 6.87. The van der Waals surface area contributed by atoms with Crippen LogP contribution in [0.4, 0.5) is 5.69 Å². The van der Waals surface area contributed by atoms with Crippen molar-refractivity contribution in [3.05, 3.63) is 28.2 Å². The summed E-state index contributed by atoms with van der Waals surface area (Å²) >= 11 is 3.50. The lowest BCUT2D eigenvalue weighted by atomic mass is 10.1. The highest BCUT2D eigenvalue weighted by atomic mass is 79.9.